The Kier molecular flexibility index (Phi) is 5.72. The summed E-state index contributed by atoms with van der Waals surface area (Å²) in [5.74, 6) is -1.08. The van der Waals surface area contributed by atoms with Gasteiger partial charge in [0.05, 0.1) is 0 Å². The normalized spacial score (nSPS) is 24.7. The van der Waals surface area contributed by atoms with E-state index < -0.39 is 59.7 Å². The molecule has 1 spiro atoms. The topological polar surface area (TPSA) is 125 Å². The molecule has 2 aliphatic rings. The summed E-state index contributed by atoms with van der Waals surface area (Å²) in [6.45, 7) is 3.84. The van der Waals surface area contributed by atoms with Gasteiger partial charge < -0.3 is 0 Å². The molecular formula is C22H24AsF3NO7+. The van der Waals surface area contributed by atoms with Crippen molar-refractivity contribution in [3.8, 4) is 0 Å². The van der Waals surface area contributed by atoms with Crippen LogP contribution in [0.5, 0.6) is 0 Å². The van der Waals surface area contributed by atoms with E-state index in [1.165, 1.54) is 6.07 Å². The van der Waals surface area contributed by atoms with Crippen LogP contribution in [0.1, 0.15) is 44.2 Å². The molecule has 184 valence electrons. The van der Waals surface area contributed by atoms with E-state index in [9.17, 15) is 39.8 Å². The molecule has 1 aromatic carbocycles. The Morgan fingerprint density at radius 1 is 1.24 bits per heavy atom. The molecule has 4 rings (SSSR count). The van der Waals surface area contributed by atoms with Crippen LogP contribution >= 0.6 is 0 Å². The van der Waals surface area contributed by atoms with Crippen molar-refractivity contribution < 1.29 is 39.4 Å². The maximum absolute atomic E-state index is 13.7. The number of carboxylic acid groups (broad SMARTS) is 1. The number of hydrogen-bond donors (Lipinski definition) is 3. The second-order valence-electron chi connectivity index (χ2n) is 9.43. The molecule has 2 aromatic rings. The van der Waals surface area contributed by atoms with E-state index >= 15 is 0 Å². The summed E-state index contributed by atoms with van der Waals surface area (Å²) in [7, 11) is 0. The summed E-state index contributed by atoms with van der Waals surface area (Å²) in [6.07, 6.45) is -1.70. The first kappa shape index (κ1) is 24.8. The van der Waals surface area contributed by atoms with Gasteiger partial charge in [-0.25, -0.2) is 0 Å². The molecule has 1 fully saturated rings. The summed E-state index contributed by atoms with van der Waals surface area (Å²) in [5.41, 5.74) is -3.20. The van der Waals surface area contributed by atoms with Crippen molar-refractivity contribution >= 4 is 42.4 Å². The number of nitrogens with zero attached hydrogens (tertiary/aromatic N) is 1. The Morgan fingerprint density at radius 2 is 1.91 bits per heavy atom. The Hall–Kier alpha value is -2.33. The Morgan fingerprint density at radius 3 is 2.50 bits per heavy atom. The van der Waals surface area contributed by atoms with Crippen LogP contribution in [-0.2, 0) is 14.7 Å². The molecule has 8 nitrogen and oxygen atoms in total. The fourth-order valence-electron chi connectivity index (χ4n) is 5.67. The van der Waals surface area contributed by atoms with Crippen molar-refractivity contribution in [3.05, 3.63) is 45.8 Å². The molecule has 2 unspecified atom stereocenters. The van der Waals surface area contributed by atoms with Gasteiger partial charge in [-0.05, 0) is 0 Å². The minimum absolute atomic E-state index is 0.129. The third kappa shape index (κ3) is 3.94. The second kappa shape index (κ2) is 7.84. The van der Waals surface area contributed by atoms with E-state index in [0.29, 0.717) is 31.9 Å². The van der Waals surface area contributed by atoms with Gasteiger partial charge in [-0.1, -0.05) is 0 Å². The summed E-state index contributed by atoms with van der Waals surface area (Å²) >= 11 is -5.30. The van der Waals surface area contributed by atoms with Crippen LogP contribution in [0.15, 0.2) is 33.5 Å². The molecule has 0 amide bonds. The number of benzene rings is 1. The predicted octanol–water partition coefficient (Wildman–Crippen LogP) is 3.29. The van der Waals surface area contributed by atoms with Gasteiger partial charge >= 0.3 is 195 Å². The first-order valence-corrected chi connectivity index (χ1v) is 14.4. The molecule has 1 saturated heterocycles. The average Bonchev–Trinajstić information content (AvgIpc) is 2.68. The molecule has 3 N–H and O–H groups in total. The van der Waals surface area contributed by atoms with Crippen molar-refractivity contribution in [1.82, 2.24) is 4.48 Å². The van der Waals surface area contributed by atoms with Crippen molar-refractivity contribution in [1.29, 1.82) is 0 Å². The fourth-order valence-corrected chi connectivity index (χ4v) is 7.15. The van der Waals surface area contributed by atoms with Gasteiger partial charge in [0.1, 0.15) is 0 Å². The maximum atomic E-state index is 13.7. The van der Waals surface area contributed by atoms with Crippen molar-refractivity contribution in [2.24, 2.45) is 0 Å². The van der Waals surface area contributed by atoms with Crippen LogP contribution in [0.3, 0.4) is 0 Å². The fraction of sp³-hybridized carbons (Fsp3) is 0.455. The number of halogens is 3. The van der Waals surface area contributed by atoms with Crippen LogP contribution in [0.2, 0.25) is 5.21 Å². The Bertz CT molecular complexity index is 1320. The summed E-state index contributed by atoms with van der Waals surface area (Å²) in [6, 6.07) is 1.76. The van der Waals surface area contributed by atoms with Crippen LogP contribution in [0.25, 0.3) is 16.5 Å². The van der Waals surface area contributed by atoms with E-state index in [4.69, 9.17) is 4.42 Å². The van der Waals surface area contributed by atoms with Crippen LogP contribution in [0.4, 0.5) is 18.9 Å². The number of aliphatic carboxylic acids is 1. The molecule has 12 heteroatoms. The predicted molar refractivity (Wildman–Crippen MR) is 117 cm³/mol. The molecule has 0 bridgehead atoms. The van der Waals surface area contributed by atoms with Gasteiger partial charge in [0.25, 0.3) is 0 Å². The van der Waals surface area contributed by atoms with E-state index in [1.807, 2.05) is 0 Å². The van der Waals surface area contributed by atoms with Gasteiger partial charge in [-0.15, -0.1) is 0 Å². The van der Waals surface area contributed by atoms with E-state index in [1.54, 1.807) is 19.9 Å². The molecule has 0 radical (unpaired) electrons. The zero-order valence-electron chi connectivity index (χ0n) is 18.4. The first-order valence-electron chi connectivity index (χ1n) is 10.6. The number of fused-ring (bicyclic) bond motifs is 3. The van der Waals surface area contributed by atoms with Crippen molar-refractivity contribution in [2.75, 3.05) is 6.54 Å². The quantitative estimate of drug-likeness (QED) is 0.307. The molecular weight excluding hydrogens is 522 g/mol. The molecule has 0 saturated carbocycles. The second-order valence-corrected chi connectivity index (χ2v) is 12.9. The number of piperidine rings is 1. The van der Waals surface area contributed by atoms with Gasteiger partial charge in [0.15, 0.2) is 0 Å². The van der Waals surface area contributed by atoms with E-state index in [2.05, 4.69) is 0 Å². The number of rotatable bonds is 3. The Balaban J connectivity index is 2.15. The molecule has 2 atom stereocenters. The first-order chi connectivity index (χ1) is 15.6. The number of carboxylic acids is 1. The van der Waals surface area contributed by atoms with Crippen molar-refractivity contribution in [3.63, 3.8) is 0 Å². The number of quaternary nitrogens is 1. The Labute approximate surface area is 194 Å². The molecule has 0 aliphatic carbocycles. The minimum atomic E-state index is -5.30. The van der Waals surface area contributed by atoms with E-state index in [-0.39, 0.29) is 26.9 Å². The van der Waals surface area contributed by atoms with Gasteiger partial charge in [0, 0.05) is 0 Å². The van der Waals surface area contributed by atoms with Gasteiger partial charge in [-0.3, -0.25) is 0 Å². The molecule has 1 aromatic heterocycles. The summed E-state index contributed by atoms with van der Waals surface area (Å²) < 4.78 is 77.6. The zero-order valence-corrected chi connectivity index (χ0v) is 20.3. The zero-order chi connectivity index (χ0) is 25.3. The number of allylic oxidation sites excluding steroid dienone is 1. The third-order valence-corrected chi connectivity index (χ3v) is 8.51. The summed E-state index contributed by atoms with van der Waals surface area (Å²) in [5, 5.41) is 8.99. The summed E-state index contributed by atoms with van der Waals surface area (Å²) in [4.78, 5) is 24.3. The van der Waals surface area contributed by atoms with Crippen LogP contribution in [0, 0.1) is 0 Å². The number of alkyl halides is 3. The molecule has 2 aliphatic heterocycles. The standard InChI is InChI=1S/C22H23AsF3NO7/c1-21(2)10-12(11-23(31,32)33)13-7-14-15(22(24,25)26)8-19(28)34-18(14)9-17(13)27(21)6-4-3-5-16(27)20(29)30/h7-10,16H,3-6,11H2,1-2H3,(H2-,29,30,31,32,33)/p+1. The van der Waals surface area contributed by atoms with Crippen LogP contribution < -0.4 is 10.1 Å². The van der Waals surface area contributed by atoms with Crippen LogP contribution in [-0.4, -0.2) is 51.6 Å². The monoisotopic (exact) mass is 546 g/mol. The molecule has 34 heavy (non-hydrogen) atoms. The number of hydrogen-bond acceptors (Lipinski definition) is 4. The van der Waals surface area contributed by atoms with E-state index in [0.717, 1.165) is 6.07 Å². The SMILES string of the molecule is CC1(C)C=C(C[As](=O)(O)O)c2cc3c(C(F)(F)F)cc(=O)oc3cc2[N+]12CCCCC2C(=O)O. The molecule has 3 heterocycles. The van der Waals surface area contributed by atoms with Crippen molar-refractivity contribution in [2.45, 2.75) is 56.1 Å². The van der Waals surface area contributed by atoms with Gasteiger partial charge in [0.2, 0.25) is 0 Å². The third-order valence-electron chi connectivity index (χ3n) is 6.93. The van der Waals surface area contributed by atoms with Gasteiger partial charge in [-0.2, -0.15) is 0 Å². The number of carbonyl (C=O) groups is 1. The average molecular weight is 546 g/mol.